The summed E-state index contributed by atoms with van der Waals surface area (Å²) in [6, 6.07) is 15.5. The van der Waals surface area contributed by atoms with Crippen LogP contribution in [0.25, 0.3) is 10.9 Å². The Kier molecular flexibility index (Phi) is 13.5. The number of aromatic nitrogens is 1. The molecule has 1 aromatic heterocycles. The minimum Gasteiger partial charge on any atom is -0.475 e. The first kappa shape index (κ1) is 38.4. The third-order valence-electron chi connectivity index (χ3n) is 6.32. The van der Waals surface area contributed by atoms with Gasteiger partial charge in [0.2, 0.25) is 0 Å². The smallest absolute Gasteiger partial charge is 0.475 e. The fourth-order valence-electron chi connectivity index (χ4n) is 4.22. The topological polar surface area (TPSA) is 121 Å². The summed E-state index contributed by atoms with van der Waals surface area (Å²) < 4.78 is 106. The molecule has 46 heavy (non-hydrogen) atoms. The molecule has 1 aliphatic rings. The van der Waals surface area contributed by atoms with Crippen LogP contribution < -0.4 is 15.4 Å². The molecule has 0 atom stereocenters. The molecule has 0 bridgehead atoms. The van der Waals surface area contributed by atoms with Crippen molar-refractivity contribution in [2.24, 2.45) is 0 Å². The first-order valence-electron chi connectivity index (χ1n) is 13.2. The largest absolute Gasteiger partial charge is 0.573 e. The number of halogens is 10. The van der Waals surface area contributed by atoms with E-state index in [-0.39, 0.29) is 11.8 Å². The average Bonchev–Trinajstić information content (AvgIpc) is 2.92. The van der Waals surface area contributed by atoms with Crippen molar-refractivity contribution in [3.8, 4) is 5.75 Å². The molecule has 2 aromatic carbocycles. The number of pyridine rings is 1. The van der Waals surface area contributed by atoms with Gasteiger partial charge in [-0.3, -0.25) is 0 Å². The van der Waals surface area contributed by atoms with Crippen LogP contribution in [-0.2, 0) is 16.1 Å². The van der Waals surface area contributed by atoms with Crippen molar-refractivity contribution in [3.05, 3.63) is 64.1 Å². The summed E-state index contributed by atoms with van der Waals surface area (Å²) in [6.07, 6.45) is -11.1. The van der Waals surface area contributed by atoms with Gasteiger partial charge in [0.05, 0.1) is 5.52 Å². The standard InChI is InChI=1S/C24H25BrF3N3O.2C2HF3O2/c1-15-12-23(31-21-5-3-2-4-20(15)21)30-19-10-8-18(9-11-19)29-14-16-6-7-17(25)13-22(16)32-24(26,27)28;2*3-2(4,5)1(6)7/h2-7,12-13,18-19,29H,8-11,14H2,1H3,(H,30,31);2*(H,6,7)/t18-,19+;;. The van der Waals surface area contributed by atoms with E-state index >= 15 is 0 Å². The summed E-state index contributed by atoms with van der Waals surface area (Å²) in [7, 11) is 0. The van der Waals surface area contributed by atoms with Crippen LogP contribution in [0.4, 0.5) is 45.3 Å². The summed E-state index contributed by atoms with van der Waals surface area (Å²) in [6.45, 7) is 2.42. The third kappa shape index (κ3) is 13.3. The number of fused-ring (bicyclic) bond motifs is 1. The number of alkyl halides is 9. The van der Waals surface area contributed by atoms with E-state index in [2.05, 4.69) is 50.4 Å². The second-order valence-electron chi connectivity index (χ2n) is 9.82. The van der Waals surface area contributed by atoms with E-state index in [0.29, 0.717) is 22.6 Å². The van der Waals surface area contributed by atoms with E-state index in [1.165, 1.54) is 11.6 Å². The molecule has 1 fully saturated rings. The van der Waals surface area contributed by atoms with Crippen molar-refractivity contribution in [2.75, 3.05) is 5.32 Å². The lowest BCUT2D eigenvalue weighted by Crippen LogP contribution is -2.36. The number of para-hydroxylation sites is 1. The molecule has 0 amide bonds. The molecule has 4 rings (SSSR count). The number of hydrogen-bond donors (Lipinski definition) is 4. The lowest BCUT2D eigenvalue weighted by Gasteiger charge is -2.30. The molecule has 254 valence electrons. The number of aryl methyl sites for hydroxylation is 1. The predicted molar refractivity (Wildman–Crippen MR) is 151 cm³/mol. The maximum absolute atomic E-state index is 12.7. The maximum Gasteiger partial charge on any atom is 0.573 e. The highest BCUT2D eigenvalue weighted by Gasteiger charge is 2.39. The Morgan fingerprint density at radius 2 is 1.39 bits per heavy atom. The summed E-state index contributed by atoms with van der Waals surface area (Å²) in [5, 5.41) is 22.4. The Bertz CT molecular complexity index is 1450. The zero-order chi connectivity index (χ0) is 34.9. The van der Waals surface area contributed by atoms with E-state index < -0.39 is 30.7 Å². The number of nitrogens with zero attached hydrogens (tertiary/aromatic N) is 1. The van der Waals surface area contributed by atoms with Crippen LogP contribution in [0.1, 0.15) is 36.8 Å². The molecule has 0 spiro atoms. The molecule has 1 aliphatic carbocycles. The Balaban J connectivity index is 0.000000440. The minimum absolute atomic E-state index is 0.174. The van der Waals surface area contributed by atoms with Crippen molar-refractivity contribution >= 4 is 44.6 Å². The van der Waals surface area contributed by atoms with Crippen LogP contribution in [0.5, 0.6) is 5.75 Å². The number of hydrogen-bond acceptors (Lipinski definition) is 6. The van der Waals surface area contributed by atoms with E-state index in [1.54, 1.807) is 12.1 Å². The molecule has 8 nitrogen and oxygen atoms in total. The number of ether oxygens (including phenoxy) is 1. The van der Waals surface area contributed by atoms with Gasteiger partial charge in [-0.2, -0.15) is 26.3 Å². The Morgan fingerprint density at radius 3 is 1.91 bits per heavy atom. The number of anilines is 1. The van der Waals surface area contributed by atoms with E-state index in [0.717, 1.165) is 42.4 Å². The highest BCUT2D eigenvalue weighted by Crippen LogP contribution is 2.30. The van der Waals surface area contributed by atoms with Gasteiger partial charge in [-0.15, -0.1) is 13.2 Å². The van der Waals surface area contributed by atoms with Gasteiger partial charge in [0, 0.05) is 34.1 Å². The number of carbonyl (C=O) groups is 2. The fourth-order valence-corrected chi connectivity index (χ4v) is 4.56. The Hall–Kier alpha value is -3.80. The third-order valence-corrected chi connectivity index (χ3v) is 6.82. The first-order valence-corrected chi connectivity index (χ1v) is 14.0. The molecule has 0 unspecified atom stereocenters. The van der Waals surface area contributed by atoms with Crippen molar-refractivity contribution < 1.29 is 64.1 Å². The molecular weight excluding hydrogens is 709 g/mol. The molecule has 0 saturated heterocycles. The molecule has 4 N–H and O–H groups in total. The van der Waals surface area contributed by atoms with Crippen LogP contribution in [-0.4, -0.2) is 57.9 Å². The van der Waals surface area contributed by atoms with Gasteiger partial charge in [0.1, 0.15) is 11.6 Å². The lowest BCUT2D eigenvalue weighted by atomic mass is 9.91. The predicted octanol–water partition coefficient (Wildman–Crippen LogP) is 7.98. The van der Waals surface area contributed by atoms with Gasteiger partial charge in [0.25, 0.3) is 0 Å². The van der Waals surface area contributed by atoms with E-state index in [4.69, 9.17) is 24.8 Å². The number of aliphatic carboxylic acids is 2. The fraction of sp³-hybridized carbons (Fsp3) is 0.393. The highest BCUT2D eigenvalue weighted by molar-refractivity contribution is 9.10. The van der Waals surface area contributed by atoms with Gasteiger partial charge in [-0.1, -0.05) is 40.2 Å². The quantitative estimate of drug-likeness (QED) is 0.188. The zero-order valence-electron chi connectivity index (χ0n) is 23.7. The van der Waals surface area contributed by atoms with Crippen molar-refractivity contribution in [3.63, 3.8) is 0 Å². The van der Waals surface area contributed by atoms with Gasteiger partial charge in [0.15, 0.2) is 0 Å². The van der Waals surface area contributed by atoms with Crippen molar-refractivity contribution in [1.82, 2.24) is 10.3 Å². The number of rotatable bonds is 6. The summed E-state index contributed by atoms with van der Waals surface area (Å²) in [4.78, 5) is 22.5. The molecular formula is C28H27BrF9N3O5. The summed E-state index contributed by atoms with van der Waals surface area (Å²) in [5.74, 6) is -4.80. The van der Waals surface area contributed by atoms with Crippen LogP contribution in [0.15, 0.2) is 53.0 Å². The molecule has 1 heterocycles. The van der Waals surface area contributed by atoms with Gasteiger partial charge >= 0.3 is 30.7 Å². The molecule has 1 saturated carbocycles. The molecule has 0 aliphatic heterocycles. The molecule has 18 heteroatoms. The number of carboxylic acid groups (broad SMARTS) is 2. The van der Waals surface area contributed by atoms with Gasteiger partial charge in [-0.25, -0.2) is 14.6 Å². The van der Waals surface area contributed by atoms with Crippen molar-refractivity contribution in [2.45, 2.75) is 70.0 Å². The zero-order valence-corrected chi connectivity index (χ0v) is 25.2. The Labute approximate surface area is 264 Å². The van der Waals surface area contributed by atoms with E-state index in [1.807, 2.05) is 18.2 Å². The number of benzene rings is 2. The summed E-state index contributed by atoms with van der Waals surface area (Å²) >= 11 is 3.20. The van der Waals surface area contributed by atoms with Crippen molar-refractivity contribution in [1.29, 1.82) is 0 Å². The monoisotopic (exact) mass is 735 g/mol. The maximum atomic E-state index is 12.7. The van der Waals surface area contributed by atoms with E-state index in [9.17, 15) is 39.5 Å². The van der Waals surface area contributed by atoms with Crippen LogP contribution in [0.3, 0.4) is 0 Å². The Morgan fingerprint density at radius 1 is 0.870 bits per heavy atom. The molecule has 0 radical (unpaired) electrons. The number of carboxylic acids is 2. The lowest BCUT2D eigenvalue weighted by molar-refractivity contribution is -0.275. The second-order valence-corrected chi connectivity index (χ2v) is 10.7. The number of nitrogens with one attached hydrogen (secondary N) is 2. The molecule has 3 aromatic rings. The van der Waals surface area contributed by atoms with Gasteiger partial charge in [-0.05, 0) is 62.4 Å². The van der Waals surface area contributed by atoms with Gasteiger partial charge < -0.3 is 25.6 Å². The first-order chi connectivity index (χ1) is 21.2. The summed E-state index contributed by atoms with van der Waals surface area (Å²) in [5.41, 5.74) is 2.66. The average molecular weight is 736 g/mol. The van der Waals surface area contributed by atoms with Crippen LogP contribution in [0, 0.1) is 6.92 Å². The van der Waals surface area contributed by atoms with Crippen LogP contribution >= 0.6 is 15.9 Å². The highest BCUT2D eigenvalue weighted by atomic mass is 79.9. The van der Waals surface area contributed by atoms with Crippen LogP contribution in [0.2, 0.25) is 0 Å². The second kappa shape index (κ2) is 16.2. The SMILES string of the molecule is Cc1cc(N[C@H]2CC[C@@H](NCc3ccc(Br)cc3OC(F)(F)F)CC2)nc2ccccc12.O=C(O)C(F)(F)F.O=C(O)C(F)(F)F. The normalized spacial score (nSPS) is 16.8. The minimum atomic E-state index is -5.08.